The average Bonchev–Trinajstić information content (AvgIpc) is 2.41. The van der Waals surface area contributed by atoms with E-state index in [0.717, 1.165) is 11.7 Å². The fraction of sp³-hybridized carbons (Fsp3) is 0.714. The van der Waals surface area contributed by atoms with Crippen molar-refractivity contribution in [2.45, 2.75) is 90.7 Å². The van der Waals surface area contributed by atoms with Gasteiger partial charge in [-0.15, -0.1) is 0 Å². The van der Waals surface area contributed by atoms with Gasteiger partial charge in [-0.05, 0) is 64.7 Å². The van der Waals surface area contributed by atoms with Crippen LogP contribution >= 0.6 is 11.8 Å². The van der Waals surface area contributed by atoms with Gasteiger partial charge in [-0.2, -0.15) is 11.8 Å². The number of thioether (sulfide) groups is 1. The Kier molecular flexibility index (Phi) is 7.07. The van der Waals surface area contributed by atoms with Gasteiger partial charge in [0.15, 0.2) is 0 Å². The Balaban J connectivity index is 3.11. The average molecular weight is 337 g/mol. The minimum atomic E-state index is 0.0535. The Morgan fingerprint density at radius 3 is 1.87 bits per heavy atom. The number of hydrogen-bond acceptors (Lipinski definition) is 2. The Bertz CT molecular complexity index is 471. The molecule has 0 fully saturated rings. The Morgan fingerprint density at radius 1 is 1.00 bits per heavy atom. The van der Waals surface area contributed by atoms with Crippen LogP contribution in [0.2, 0.25) is 0 Å². The molecule has 0 amide bonds. The van der Waals surface area contributed by atoms with Crippen LogP contribution in [0, 0.1) is 0 Å². The van der Waals surface area contributed by atoms with Gasteiger partial charge in [-0.1, -0.05) is 55.4 Å². The van der Waals surface area contributed by atoms with Gasteiger partial charge >= 0.3 is 0 Å². The summed E-state index contributed by atoms with van der Waals surface area (Å²) in [6.45, 7) is 18.0. The quantitative estimate of drug-likeness (QED) is 0.602. The van der Waals surface area contributed by atoms with Crippen molar-refractivity contribution in [2.75, 3.05) is 5.75 Å². The van der Waals surface area contributed by atoms with Gasteiger partial charge in [-0.3, -0.25) is 0 Å². The van der Waals surface area contributed by atoms with Crippen molar-refractivity contribution in [3.05, 3.63) is 28.8 Å². The van der Waals surface area contributed by atoms with Crippen molar-refractivity contribution in [3.8, 4) is 5.75 Å². The minimum absolute atomic E-state index is 0.0535. The van der Waals surface area contributed by atoms with E-state index in [-0.39, 0.29) is 10.8 Å². The first kappa shape index (κ1) is 20.4. The highest BCUT2D eigenvalue weighted by atomic mass is 32.2. The summed E-state index contributed by atoms with van der Waals surface area (Å²) in [5.41, 5.74) is 4.16. The fourth-order valence-corrected chi connectivity index (χ4v) is 3.86. The molecule has 1 rings (SSSR count). The molecule has 0 aliphatic heterocycles. The first-order valence-corrected chi connectivity index (χ1v) is 10.00. The molecule has 1 N–H and O–H groups in total. The van der Waals surface area contributed by atoms with Crippen LogP contribution in [0.25, 0.3) is 0 Å². The van der Waals surface area contributed by atoms with Crippen molar-refractivity contribution in [2.24, 2.45) is 0 Å². The van der Waals surface area contributed by atoms with Crippen molar-refractivity contribution >= 4 is 11.8 Å². The van der Waals surface area contributed by atoms with Gasteiger partial charge in [0.25, 0.3) is 0 Å². The van der Waals surface area contributed by atoms with Crippen molar-refractivity contribution in [3.63, 3.8) is 0 Å². The van der Waals surface area contributed by atoms with E-state index in [1.165, 1.54) is 35.3 Å². The molecule has 0 saturated carbocycles. The van der Waals surface area contributed by atoms with E-state index in [0.29, 0.717) is 5.75 Å². The maximum Gasteiger partial charge on any atom is 0.116 e. The third kappa shape index (κ3) is 6.06. The molecule has 0 bridgehead atoms. The van der Waals surface area contributed by atoms with Crippen LogP contribution in [-0.2, 0) is 17.3 Å². The van der Waals surface area contributed by atoms with Gasteiger partial charge in [0.2, 0.25) is 0 Å². The SMILES string of the molecule is CCC(C)SCCCc1c(C(C)(C)C)cc(O)cc1C(C)(C)C. The standard InChI is InChI=1S/C21H36OS/c1-9-15(2)23-12-10-11-17-18(20(3,4)5)13-16(22)14-19(17)21(6,7)8/h13-15,22H,9-12H2,1-8H3. The van der Waals surface area contributed by atoms with E-state index in [4.69, 9.17) is 0 Å². The molecule has 1 atom stereocenters. The number of hydrogen-bond donors (Lipinski definition) is 1. The molecule has 0 heterocycles. The second kappa shape index (κ2) is 7.96. The molecule has 132 valence electrons. The summed E-state index contributed by atoms with van der Waals surface area (Å²) >= 11 is 2.08. The van der Waals surface area contributed by atoms with E-state index in [2.05, 4.69) is 67.2 Å². The fourth-order valence-electron chi connectivity index (χ4n) is 2.92. The number of aromatic hydroxyl groups is 1. The molecule has 1 aromatic rings. The molecule has 2 heteroatoms. The molecular weight excluding hydrogens is 300 g/mol. The first-order chi connectivity index (χ1) is 10.5. The molecule has 0 aliphatic rings. The second-order valence-electron chi connectivity index (χ2n) is 8.71. The lowest BCUT2D eigenvalue weighted by molar-refractivity contribution is 0.463. The topological polar surface area (TPSA) is 20.2 Å². The smallest absolute Gasteiger partial charge is 0.116 e. The van der Waals surface area contributed by atoms with Crippen LogP contribution < -0.4 is 0 Å². The third-order valence-corrected chi connectivity index (χ3v) is 5.83. The maximum atomic E-state index is 10.2. The van der Waals surface area contributed by atoms with Crippen molar-refractivity contribution < 1.29 is 5.11 Å². The highest BCUT2D eigenvalue weighted by Crippen LogP contribution is 2.37. The Morgan fingerprint density at radius 2 is 1.48 bits per heavy atom. The number of benzene rings is 1. The van der Waals surface area contributed by atoms with E-state index in [1.807, 2.05) is 12.1 Å². The molecule has 1 nitrogen and oxygen atoms in total. The largest absolute Gasteiger partial charge is 0.508 e. The summed E-state index contributed by atoms with van der Waals surface area (Å²) in [4.78, 5) is 0. The van der Waals surface area contributed by atoms with Crippen LogP contribution in [0.1, 0.15) is 84.9 Å². The van der Waals surface area contributed by atoms with E-state index < -0.39 is 0 Å². The molecule has 0 spiro atoms. The van der Waals surface area contributed by atoms with E-state index >= 15 is 0 Å². The molecule has 1 unspecified atom stereocenters. The molecule has 0 radical (unpaired) electrons. The van der Waals surface area contributed by atoms with Gasteiger partial charge in [0.1, 0.15) is 5.75 Å². The summed E-state index contributed by atoms with van der Waals surface area (Å²) in [6.07, 6.45) is 3.54. The molecule has 0 aliphatic carbocycles. The summed E-state index contributed by atoms with van der Waals surface area (Å²) in [5, 5.41) is 11.0. The Hall–Kier alpha value is -0.630. The maximum absolute atomic E-state index is 10.2. The number of rotatable bonds is 6. The lowest BCUT2D eigenvalue weighted by Crippen LogP contribution is -2.21. The van der Waals surface area contributed by atoms with Gasteiger partial charge < -0.3 is 5.11 Å². The van der Waals surface area contributed by atoms with E-state index in [1.54, 1.807) is 0 Å². The predicted octanol–water partition coefficient (Wildman–Crippen LogP) is 6.45. The summed E-state index contributed by atoms with van der Waals surface area (Å²) in [5.74, 6) is 1.61. The summed E-state index contributed by atoms with van der Waals surface area (Å²) in [6, 6.07) is 3.96. The minimum Gasteiger partial charge on any atom is -0.508 e. The first-order valence-electron chi connectivity index (χ1n) is 8.95. The van der Waals surface area contributed by atoms with Crippen molar-refractivity contribution in [1.82, 2.24) is 0 Å². The van der Waals surface area contributed by atoms with Crippen LogP contribution in [0.15, 0.2) is 12.1 Å². The lowest BCUT2D eigenvalue weighted by Gasteiger charge is -2.30. The normalized spacial score (nSPS) is 14.1. The molecular formula is C21H36OS. The van der Waals surface area contributed by atoms with Crippen LogP contribution in [-0.4, -0.2) is 16.1 Å². The zero-order valence-electron chi connectivity index (χ0n) is 16.4. The number of phenolic OH excluding ortho intramolecular Hbond substituents is 1. The van der Waals surface area contributed by atoms with Gasteiger partial charge in [0.05, 0.1) is 0 Å². The van der Waals surface area contributed by atoms with Gasteiger partial charge in [-0.25, -0.2) is 0 Å². The summed E-state index contributed by atoms with van der Waals surface area (Å²) < 4.78 is 0. The molecule has 1 aromatic carbocycles. The highest BCUT2D eigenvalue weighted by molar-refractivity contribution is 7.99. The molecule has 0 saturated heterocycles. The highest BCUT2D eigenvalue weighted by Gasteiger charge is 2.26. The lowest BCUT2D eigenvalue weighted by atomic mass is 9.75. The monoisotopic (exact) mass is 336 g/mol. The van der Waals surface area contributed by atoms with Gasteiger partial charge in [0, 0.05) is 5.25 Å². The zero-order chi connectivity index (χ0) is 17.8. The predicted molar refractivity (Wildman–Crippen MR) is 106 cm³/mol. The van der Waals surface area contributed by atoms with Crippen molar-refractivity contribution in [1.29, 1.82) is 0 Å². The van der Waals surface area contributed by atoms with Crippen LogP contribution in [0.3, 0.4) is 0 Å². The van der Waals surface area contributed by atoms with Crippen LogP contribution in [0.5, 0.6) is 5.75 Å². The van der Waals surface area contributed by atoms with E-state index in [9.17, 15) is 5.11 Å². The summed E-state index contributed by atoms with van der Waals surface area (Å²) in [7, 11) is 0. The Labute approximate surface area is 148 Å². The molecule has 23 heavy (non-hydrogen) atoms. The zero-order valence-corrected chi connectivity index (χ0v) is 17.2. The third-order valence-electron chi connectivity index (χ3n) is 4.40. The van der Waals surface area contributed by atoms with Crippen LogP contribution in [0.4, 0.5) is 0 Å². The number of phenols is 1. The second-order valence-corrected chi connectivity index (χ2v) is 10.3. The molecule has 0 aromatic heterocycles.